The van der Waals surface area contributed by atoms with E-state index in [4.69, 9.17) is 5.26 Å². The summed E-state index contributed by atoms with van der Waals surface area (Å²) in [7, 11) is 0. The molecule has 0 aromatic heterocycles. The van der Waals surface area contributed by atoms with Crippen LogP contribution in [0, 0.1) is 18.3 Å². The first-order chi connectivity index (χ1) is 7.17. The fraction of sp³-hybridized carbons (Fsp3) is 0.100. The maximum absolute atomic E-state index is 10.8. The average molecular weight is 201 g/mol. The van der Waals surface area contributed by atoms with E-state index in [0.717, 1.165) is 5.56 Å². The molecular weight excluding hydrogens is 194 g/mol. The summed E-state index contributed by atoms with van der Waals surface area (Å²) in [5.74, 6) is -0.759. The summed E-state index contributed by atoms with van der Waals surface area (Å²) in [5, 5.41) is 10.7. The molecule has 1 aromatic rings. The van der Waals surface area contributed by atoms with Gasteiger partial charge < -0.3 is 5.32 Å². The molecule has 0 saturated heterocycles. The molecule has 0 bridgehead atoms. The van der Waals surface area contributed by atoms with Gasteiger partial charge in [-0.05, 0) is 24.6 Å². The van der Waals surface area contributed by atoms with Crippen LogP contribution in [-0.2, 0) is 9.59 Å². The second kappa shape index (κ2) is 4.70. The minimum atomic E-state index is -0.759. The van der Waals surface area contributed by atoms with Gasteiger partial charge in [-0.3, -0.25) is 4.79 Å². The Labute approximate surface area is 86.1 Å². The van der Waals surface area contributed by atoms with E-state index < -0.39 is 5.91 Å². The van der Waals surface area contributed by atoms with Gasteiger partial charge in [-0.15, -0.1) is 0 Å². The molecule has 0 aliphatic rings. The summed E-state index contributed by atoms with van der Waals surface area (Å²) in [6.07, 6.45) is 1.40. The summed E-state index contributed by atoms with van der Waals surface area (Å²) >= 11 is 0. The molecule has 1 aromatic carbocycles. The normalized spacial score (nSPS) is 8.53. The lowest BCUT2D eigenvalue weighted by atomic mass is 10.2. The van der Waals surface area contributed by atoms with Crippen LogP contribution < -0.4 is 5.32 Å². The lowest BCUT2D eigenvalue weighted by Crippen LogP contribution is -2.08. The second-order valence-corrected chi connectivity index (χ2v) is 2.77. The van der Waals surface area contributed by atoms with Crippen molar-refractivity contribution < 1.29 is 9.59 Å². The number of benzene rings is 1. The Balaban J connectivity index is 3.06. The standard InChI is InChI=1S/C10H7N3O2/c1-7-2-3-8(12-6-14)4-9(7)13-10(15)5-11/h2-4H,1H3,(H,13,15). The fourth-order valence-electron chi connectivity index (χ4n) is 1.02. The van der Waals surface area contributed by atoms with E-state index in [9.17, 15) is 9.59 Å². The van der Waals surface area contributed by atoms with Crippen LogP contribution in [0.4, 0.5) is 11.4 Å². The smallest absolute Gasteiger partial charge is 0.313 e. The number of aliphatic imine (C=N–C) groups is 1. The van der Waals surface area contributed by atoms with Gasteiger partial charge in [0.2, 0.25) is 6.08 Å². The van der Waals surface area contributed by atoms with Gasteiger partial charge in [0.1, 0.15) is 0 Å². The van der Waals surface area contributed by atoms with Crippen LogP contribution in [0.5, 0.6) is 0 Å². The van der Waals surface area contributed by atoms with Gasteiger partial charge in [-0.1, -0.05) is 6.07 Å². The van der Waals surface area contributed by atoms with E-state index in [1.165, 1.54) is 18.2 Å². The highest BCUT2D eigenvalue weighted by Gasteiger charge is 2.03. The Hall–Kier alpha value is -2.44. The number of hydrogen-bond acceptors (Lipinski definition) is 4. The molecule has 0 unspecified atom stereocenters. The summed E-state index contributed by atoms with van der Waals surface area (Å²) in [4.78, 5) is 24.2. The Morgan fingerprint density at radius 1 is 1.53 bits per heavy atom. The average Bonchev–Trinajstić information content (AvgIpc) is 2.23. The van der Waals surface area contributed by atoms with Crippen LogP contribution in [0.25, 0.3) is 0 Å². The summed E-state index contributed by atoms with van der Waals surface area (Å²) in [6.45, 7) is 1.77. The molecule has 5 nitrogen and oxygen atoms in total. The summed E-state index contributed by atoms with van der Waals surface area (Å²) in [5.41, 5.74) is 1.62. The number of amides is 1. The number of rotatable bonds is 2. The molecule has 0 aliphatic carbocycles. The molecule has 0 fully saturated rings. The van der Waals surface area contributed by atoms with Gasteiger partial charge >= 0.3 is 5.91 Å². The predicted octanol–water partition coefficient (Wildman–Crippen LogP) is 1.42. The highest BCUT2D eigenvalue weighted by atomic mass is 16.1. The number of nitrogens with one attached hydrogen (secondary N) is 1. The number of nitrogens with zero attached hydrogens (tertiary/aromatic N) is 2. The van der Waals surface area contributed by atoms with Gasteiger partial charge in [-0.2, -0.15) is 10.3 Å². The SMILES string of the molecule is Cc1ccc(N=C=O)cc1NC(=O)C#N. The highest BCUT2D eigenvalue weighted by Crippen LogP contribution is 2.21. The fourth-order valence-corrected chi connectivity index (χ4v) is 1.02. The zero-order chi connectivity index (χ0) is 11.3. The van der Waals surface area contributed by atoms with Crippen molar-refractivity contribution in [1.82, 2.24) is 0 Å². The van der Waals surface area contributed by atoms with Gasteiger partial charge in [0.15, 0.2) is 6.07 Å². The molecule has 74 valence electrons. The molecule has 5 heteroatoms. The molecule has 15 heavy (non-hydrogen) atoms. The van der Waals surface area contributed by atoms with Gasteiger partial charge in [0.05, 0.1) is 5.69 Å². The van der Waals surface area contributed by atoms with Gasteiger partial charge in [0.25, 0.3) is 0 Å². The van der Waals surface area contributed by atoms with E-state index >= 15 is 0 Å². The topological polar surface area (TPSA) is 82.3 Å². The number of carbonyl (C=O) groups is 1. The van der Waals surface area contributed by atoms with Crippen LogP contribution in [0.3, 0.4) is 0 Å². The number of anilines is 1. The van der Waals surface area contributed by atoms with Crippen molar-refractivity contribution in [3.05, 3.63) is 23.8 Å². The molecule has 1 N–H and O–H groups in total. The lowest BCUT2D eigenvalue weighted by Gasteiger charge is -2.04. The number of hydrogen-bond donors (Lipinski definition) is 1. The van der Waals surface area contributed by atoms with Crippen molar-refractivity contribution in [2.24, 2.45) is 4.99 Å². The minimum absolute atomic E-state index is 0.379. The van der Waals surface area contributed by atoms with Crippen molar-refractivity contribution in [1.29, 1.82) is 5.26 Å². The summed E-state index contributed by atoms with van der Waals surface area (Å²) in [6, 6.07) is 6.23. The second-order valence-electron chi connectivity index (χ2n) is 2.77. The monoisotopic (exact) mass is 201 g/mol. The van der Waals surface area contributed by atoms with Crippen LogP contribution in [0.1, 0.15) is 5.56 Å². The van der Waals surface area contributed by atoms with Crippen LogP contribution in [0.15, 0.2) is 23.2 Å². The number of carbonyl (C=O) groups excluding carboxylic acids is 2. The zero-order valence-corrected chi connectivity index (χ0v) is 7.94. The van der Waals surface area contributed by atoms with E-state index in [-0.39, 0.29) is 0 Å². The number of nitriles is 1. The minimum Gasteiger partial charge on any atom is -0.313 e. The molecule has 0 saturated carbocycles. The van der Waals surface area contributed by atoms with E-state index in [1.807, 2.05) is 0 Å². The molecule has 1 rings (SSSR count). The van der Waals surface area contributed by atoms with E-state index in [1.54, 1.807) is 19.1 Å². The third-order valence-corrected chi connectivity index (χ3v) is 1.75. The Kier molecular flexibility index (Phi) is 3.33. The molecule has 0 spiro atoms. The van der Waals surface area contributed by atoms with Crippen LogP contribution in [-0.4, -0.2) is 12.0 Å². The Morgan fingerprint density at radius 3 is 2.87 bits per heavy atom. The first-order valence-corrected chi connectivity index (χ1v) is 4.07. The zero-order valence-electron chi connectivity index (χ0n) is 7.94. The summed E-state index contributed by atoms with van der Waals surface area (Å²) < 4.78 is 0. The maximum Gasteiger partial charge on any atom is 0.326 e. The van der Waals surface area contributed by atoms with Crippen molar-refractivity contribution in [2.45, 2.75) is 6.92 Å². The van der Waals surface area contributed by atoms with Crippen LogP contribution in [0.2, 0.25) is 0 Å². The third kappa shape index (κ3) is 2.76. The van der Waals surface area contributed by atoms with E-state index in [2.05, 4.69) is 10.3 Å². The van der Waals surface area contributed by atoms with Gasteiger partial charge in [-0.25, -0.2) is 4.79 Å². The largest absolute Gasteiger partial charge is 0.326 e. The number of aryl methyl sites for hydroxylation is 1. The van der Waals surface area contributed by atoms with Crippen molar-refractivity contribution in [3.63, 3.8) is 0 Å². The lowest BCUT2D eigenvalue weighted by molar-refractivity contribution is -0.111. The van der Waals surface area contributed by atoms with Crippen molar-refractivity contribution in [3.8, 4) is 6.07 Å². The maximum atomic E-state index is 10.8. The van der Waals surface area contributed by atoms with Gasteiger partial charge in [0, 0.05) is 5.69 Å². The molecular formula is C10H7N3O2. The van der Waals surface area contributed by atoms with E-state index in [0.29, 0.717) is 11.4 Å². The quantitative estimate of drug-likeness (QED) is 0.446. The van der Waals surface area contributed by atoms with Crippen LogP contribution >= 0.6 is 0 Å². The van der Waals surface area contributed by atoms with Crippen molar-refractivity contribution >= 4 is 23.4 Å². The molecule has 0 heterocycles. The first kappa shape index (κ1) is 10.6. The molecule has 1 amide bonds. The Morgan fingerprint density at radius 2 is 2.27 bits per heavy atom. The first-order valence-electron chi connectivity index (χ1n) is 4.07. The molecule has 0 aliphatic heterocycles. The predicted molar refractivity (Wildman–Crippen MR) is 53.2 cm³/mol. The van der Waals surface area contributed by atoms with Crippen molar-refractivity contribution in [2.75, 3.05) is 5.32 Å². The molecule has 0 radical (unpaired) electrons. The highest BCUT2D eigenvalue weighted by molar-refractivity contribution is 6.02. The third-order valence-electron chi connectivity index (χ3n) is 1.75. The molecule has 0 atom stereocenters. The Bertz CT molecular complexity index is 482. The number of isocyanates is 1.